The molecule has 0 heterocycles. The molecular weight excluding hydrogens is 260 g/mol. The lowest BCUT2D eigenvalue weighted by molar-refractivity contribution is 0.318. The third-order valence-electron chi connectivity index (χ3n) is 3.44. The second-order valence-electron chi connectivity index (χ2n) is 5.37. The van der Waals surface area contributed by atoms with E-state index in [0.717, 1.165) is 25.4 Å². The molecule has 0 bridgehead atoms. The van der Waals surface area contributed by atoms with Gasteiger partial charge in [-0.15, -0.1) is 0 Å². The highest BCUT2D eigenvalue weighted by molar-refractivity contribution is 5.28. The van der Waals surface area contributed by atoms with Crippen LogP contribution in [-0.4, -0.2) is 26.1 Å². The van der Waals surface area contributed by atoms with Crippen molar-refractivity contribution in [1.82, 2.24) is 10.2 Å². The third kappa shape index (κ3) is 4.88. The zero-order chi connectivity index (χ0) is 15.1. The van der Waals surface area contributed by atoms with Crippen molar-refractivity contribution in [2.45, 2.75) is 19.6 Å². The highest BCUT2D eigenvalue weighted by Crippen LogP contribution is 2.15. The topological polar surface area (TPSA) is 24.5 Å². The highest BCUT2D eigenvalue weighted by atomic mass is 16.5. The van der Waals surface area contributed by atoms with Crippen LogP contribution in [0.3, 0.4) is 0 Å². The summed E-state index contributed by atoms with van der Waals surface area (Å²) in [4.78, 5) is 2.31. The Hall–Kier alpha value is -1.84. The molecule has 0 spiro atoms. The minimum atomic E-state index is 0.912. The maximum atomic E-state index is 5.27. The number of nitrogens with zero attached hydrogens (tertiary/aromatic N) is 1. The van der Waals surface area contributed by atoms with Crippen LogP contribution in [0.1, 0.15) is 16.7 Å². The van der Waals surface area contributed by atoms with Crippen molar-refractivity contribution < 1.29 is 4.74 Å². The Bertz CT molecular complexity index is 551. The molecule has 0 radical (unpaired) electrons. The average molecular weight is 284 g/mol. The molecule has 21 heavy (non-hydrogen) atoms. The van der Waals surface area contributed by atoms with Crippen LogP contribution < -0.4 is 10.1 Å². The summed E-state index contributed by atoms with van der Waals surface area (Å²) in [5.41, 5.74) is 3.92. The summed E-state index contributed by atoms with van der Waals surface area (Å²) < 4.78 is 5.27. The van der Waals surface area contributed by atoms with Gasteiger partial charge >= 0.3 is 0 Å². The molecule has 0 amide bonds. The first-order chi connectivity index (χ1) is 10.2. The van der Waals surface area contributed by atoms with Crippen molar-refractivity contribution in [1.29, 1.82) is 0 Å². The molecule has 1 N–H and O–H groups in total. The van der Waals surface area contributed by atoms with Crippen LogP contribution in [0, 0.1) is 0 Å². The molecule has 0 fully saturated rings. The molecule has 0 aromatic heterocycles. The van der Waals surface area contributed by atoms with Crippen molar-refractivity contribution in [3.8, 4) is 5.75 Å². The third-order valence-corrected chi connectivity index (χ3v) is 3.44. The Balaban J connectivity index is 1.92. The smallest absolute Gasteiger partial charge is 0.119 e. The Kier molecular flexibility index (Phi) is 5.78. The summed E-state index contributed by atoms with van der Waals surface area (Å²) in [5, 5.41) is 3.17. The molecule has 0 aliphatic rings. The van der Waals surface area contributed by atoms with Gasteiger partial charge in [-0.25, -0.2) is 0 Å². The van der Waals surface area contributed by atoms with E-state index < -0.39 is 0 Å². The summed E-state index contributed by atoms with van der Waals surface area (Å²) in [5.74, 6) is 0.914. The van der Waals surface area contributed by atoms with E-state index in [1.165, 1.54) is 16.7 Å². The maximum absolute atomic E-state index is 5.27. The minimum Gasteiger partial charge on any atom is -0.497 e. The summed E-state index contributed by atoms with van der Waals surface area (Å²) in [6.45, 7) is 2.77. The second-order valence-corrected chi connectivity index (χ2v) is 5.37. The molecule has 0 unspecified atom stereocenters. The van der Waals surface area contributed by atoms with Crippen LogP contribution >= 0.6 is 0 Å². The molecule has 0 saturated carbocycles. The monoisotopic (exact) mass is 284 g/mol. The van der Waals surface area contributed by atoms with E-state index in [4.69, 9.17) is 4.74 Å². The largest absolute Gasteiger partial charge is 0.497 e. The van der Waals surface area contributed by atoms with Gasteiger partial charge in [0.2, 0.25) is 0 Å². The fraction of sp³-hybridized carbons (Fsp3) is 0.333. The van der Waals surface area contributed by atoms with E-state index in [1.807, 2.05) is 19.2 Å². The Morgan fingerprint density at radius 1 is 0.952 bits per heavy atom. The Morgan fingerprint density at radius 3 is 2.29 bits per heavy atom. The molecule has 3 heteroatoms. The first-order valence-electron chi connectivity index (χ1n) is 7.25. The lowest BCUT2D eigenvalue weighted by Crippen LogP contribution is -2.17. The minimum absolute atomic E-state index is 0.912. The van der Waals surface area contributed by atoms with Gasteiger partial charge in [0, 0.05) is 19.6 Å². The number of rotatable bonds is 7. The van der Waals surface area contributed by atoms with Gasteiger partial charge in [0.1, 0.15) is 5.75 Å². The molecule has 2 rings (SSSR count). The van der Waals surface area contributed by atoms with Crippen LogP contribution in [-0.2, 0) is 19.6 Å². The number of nitrogens with one attached hydrogen (secondary N) is 1. The molecule has 0 aliphatic heterocycles. The van der Waals surface area contributed by atoms with Crippen LogP contribution in [0.25, 0.3) is 0 Å². The van der Waals surface area contributed by atoms with Crippen LogP contribution in [0.15, 0.2) is 48.5 Å². The highest BCUT2D eigenvalue weighted by Gasteiger charge is 2.03. The van der Waals surface area contributed by atoms with Crippen molar-refractivity contribution in [3.05, 3.63) is 65.2 Å². The molecule has 112 valence electrons. The van der Waals surface area contributed by atoms with Gasteiger partial charge in [-0.3, -0.25) is 4.90 Å². The predicted molar refractivity (Wildman–Crippen MR) is 87.4 cm³/mol. The van der Waals surface area contributed by atoms with Gasteiger partial charge in [0.25, 0.3) is 0 Å². The van der Waals surface area contributed by atoms with Crippen LogP contribution in [0.2, 0.25) is 0 Å². The number of hydrogen-bond donors (Lipinski definition) is 1. The molecule has 2 aromatic carbocycles. The van der Waals surface area contributed by atoms with Crippen LogP contribution in [0.4, 0.5) is 0 Å². The molecular formula is C18H24N2O. The predicted octanol–water partition coefficient (Wildman–Crippen LogP) is 3.05. The number of benzene rings is 2. The lowest BCUT2D eigenvalue weighted by Gasteiger charge is -2.17. The van der Waals surface area contributed by atoms with E-state index in [2.05, 4.69) is 53.7 Å². The van der Waals surface area contributed by atoms with Crippen molar-refractivity contribution >= 4 is 0 Å². The number of hydrogen-bond acceptors (Lipinski definition) is 3. The van der Waals surface area contributed by atoms with Crippen molar-refractivity contribution in [2.75, 3.05) is 21.2 Å². The molecule has 2 aromatic rings. The van der Waals surface area contributed by atoms with Gasteiger partial charge in [-0.2, -0.15) is 0 Å². The number of methoxy groups -OCH3 is 1. The standard InChI is InChI=1S/C18H24N2O/c1-19-12-15-7-9-16(10-8-15)13-20(2)14-17-5-4-6-18(11-17)21-3/h4-11,19H,12-14H2,1-3H3. The zero-order valence-corrected chi connectivity index (χ0v) is 13.1. The van der Waals surface area contributed by atoms with Crippen molar-refractivity contribution in [2.24, 2.45) is 0 Å². The second kappa shape index (κ2) is 7.81. The summed E-state index contributed by atoms with van der Waals surface area (Å²) >= 11 is 0. The first-order valence-corrected chi connectivity index (χ1v) is 7.25. The van der Waals surface area contributed by atoms with Crippen molar-refractivity contribution in [3.63, 3.8) is 0 Å². The van der Waals surface area contributed by atoms with E-state index in [9.17, 15) is 0 Å². The van der Waals surface area contributed by atoms with Gasteiger partial charge < -0.3 is 10.1 Å². The molecule has 0 saturated heterocycles. The van der Waals surface area contributed by atoms with E-state index >= 15 is 0 Å². The maximum Gasteiger partial charge on any atom is 0.119 e. The fourth-order valence-corrected chi connectivity index (χ4v) is 2.42. The molecule has 0 atom stereocenters. The molecule has 0 aliphatic carbocycles. The molecule has 3 nitrogen and oxygen atoms in total. The van der Waals surface area contributed by atoms with Crippen LogP contribution in [0.5, 0.6) is 5.75 Å². The van der Waals surface area contributed by atoms with Gasteiger partial charge in [0.05, 0.1) is 7.11 Å². The normalized spacial score (nSPS) is 10.9. The number of ether oxygens (including phenoxy) is 1. The van der Waals surface area contributed by atoms with Gasteiger partial charge in [-0.1, -0.05) is 36.4 Å². The first kappa shape index (κ1) is 15.5. The van der Waals surface area contributed by atoms with E-state index in [-0.39, 0.29) is 0 Å². The van der Waals surface area contributed by atoms with Gasteiger partial charge in [0.15, 0.2) is 0 Å². The fourth-order valence-electron chi connectivity index (χ4n) is 2.42. The Labute approximate surface area is 127 Å². The van der Waals surface area contributed by atoms with Gasteiger partial charge in [-0.05, 0) is 42.9 Å². The van der Waals surface area contributed by atoms with E-state index in [1.54, 1.807) is 7.11 Å². The SMILES string of the molecule is CNCc1ccc(CN(C)Cc2cccc(OC)c2)cc1. The summed E-state index contributed by atoms with van der Waals surface area (Å²) in [7, 11) is 5.81. The average Bonchev–Trinajstić information content (AvgIpc) is 2.49. The quantitative estimate of drug-likeness (QED) is 0.846. The van der Waals surface area contributed by atoms with E-state index in [0.29, 0.717) is 0 Å². The summed E-state index contributed by atoms with van der Waals surface area (Å²) in [6.07, 6.45) is 0. The lowest BCUT2D eigenvalue weighted by atomic mass is 10.1. The zero-order valence-electron chi connectivity index (χ0n) is 13.1. The Morgan fingerprint density at radius 2 is 1.62 bits per heavy atom. The summed E-state index contributed by atoms with van der Waals surface area (Å²) in [6, 6.07) is 17.0.